The van der Waals surface area contributed by atoms with Gasteiger partial charge in [0.1, 0.15) is 0 Å². The summed E-state index contributed by atoms with van der Waals surface area (Å²) in [5.74, 6) is -0.464. The third kappa shape index (κ3) is 5.03. The van der Waals surface area contributed by atoms with Crippen molar-refractivity contribution in [1.29, 1.82) is 0 Å². The molecule has 4 aromatic rings. The Morgan fingerprint density at radius 3 is 2.50 bits per heavy atom. The zero-order chi connectivity index (χ0) is 29.0. The van der Waals surface area contributed by atoms with Crippen LogP contribution in [0.3, 0.4) is 0 Å². The van der Waals surface area contributed by atoms with E-state index in [0.717, 1.165) is 56.9 Å². The van der Waals surface area contributed by atoms with Gasteiger partial charge in [-0.2, -0.15) is 15.3 Å². The Morgan fingerprint density at radius 2 is 1.81 bits per heavy atom. The van der Waals surface area contributed by atoms with Crippen LogP contribution in [0, 0.1) is 13.8 Å². The van der Waals surface area contributed by atoms with E-state index in [1.165, 1.54) is 18.4 Å². The van der Waals surface area contributed by atoms with Crippen molar-refractivity contribution in [3.05, 3.63) is 88.4 Å². The first-order valence-corrected chi connectivity index (χ1v) is 14.9. The molecule has 2 N–H and O–H groups in total. The quantitative estimate of drug-likeness (QED) is 0.266. The predicted molar refractivity (Wildman–Crippen MR) is 158 cm³/mol. The van der Waals surface area contributed by atoms with Gasteiger partial charge < -0.3 is 5.32 Å². The monoisotopic (exact) mass is 563 g/mol. The number of amides is 1. The second-order valence-corrected chi connectivity index (χ2v) is 12.3. The van der Waals surface area contributed by atoms with Crippen LogP contribution in [0.5, 0.6) is 0 Å². The molecule has 7 nitrogen and oxygen atoms in total. The van der Waals surface area contributed by atoms with E-state index in [-0.39, 0.29) is 31.0 Å². The molecule has 2 heterocycles. The number of rotatable bonds is 9. The van der Waals surface area contributed by atoms with Gasteiger partial charge in [-0.05, 0) is 98.2 Å². The van der Waals surface area contributed by atoms with Crippen LogP contribution in [0.15, 0.2) is 54.7 Å². The fourth-order valence-corrected chi connectivity index (χ4v) is 6.39. The summed E-state index contributed by atoms with van der Waals surface area (Å²) in [5.41, 5.74) is 8.12. The third-order valence-electron chi connectivity index (χ3n) is 9.17. The number of aryl methyl sites for hydroxylation is 3. The van der Waals surface area contributed by atoms with E-state index in [0.29, 0.717) is 12.3 Å². The second kappa shape index (κ2) is 10.3. The van der Waals surface area contributed by atoms with Crippen LogP contribution in [-0.2, 0) is 22.4 Å². The molecule has 2 aromatic carbocycles. The van der Waals surface area contributed by atoms with E-state index in [4.69, 9.17) is 0 Å². The molecule has 0 bridgehead atoms. The van der Waals surface area contributed by atoms with Gasteiger partial charge in [-0.15, -0.1) is 0 Å². The molecule has 0 spiro atoms. The first-order valence-electron chi connectivity index (χ1n) is 14.9. The van der Waals surface area contributed by atoms with Gasteiger partial charge in [-0.1, -0.05) is 36.4 Å². The van der Waals surface area contributed by atoms with Crippen molar-refractivity contribution < 1.29 is 14.0 Å². The number of carbonyl (C=O) groups excluding carboxylic acids is 2. The Labute approximate surface area is 244 Å². The van der Waals surface area contributed by atoms with E-state index in [2.05, 4.69) is 50.0 Å². The number of hydrogen-bond donors (Lipinski definition) is 2. The van der Waals surface area contributed by atoms with E-state index in [1.54, 1.807) is 0 Å². The van der Waals surface area contributed by atoms with Gasteiger partial charge in [0, 0.05) is 29.2 Å². The van der Waals surface area contributed by atoms with Gasteiger partial charge in [0.2, 0.25) is 0 Å². The summed E-state index contributed by atoms with van der Waals surface area (Å²) in [6, 6.07) is 15.4. The van der Waals surface area contributed by atoms with Crippen LogP contribution in [0.2, 0.25) is 0 Å². The number of ketones is 1. The van der Waals surface area contributed by atoms with E-state index in [1.807, 2.05) is 44.3 Å². The molecule has 2 atom stereocenters. The average molecular weight is 564 g/mol. The molecule has 2 fully saturated rings. The zero-order valence-electron chi connectivity index (χ0n) is 23.9. The molecule has 1 amide bonds. The topological polar surface area (TPSA) is 101 Å². The summed E-state index contributed by atoms with van der Waals surface area (Å²) in [5, 5.41) is 18.8. The molecule has 0 radical (unpaired) electrons. The molecule has 3 aliphatic carbocycles. The fourth-order valence-electron chi connectivity index (χ4n) is 6.39. The molecule has 42 heavy (non-hydrogen) atoms. The lowest BCUT2D eigenvalue weighted by atomic mass is 9.86. The minimum atomic E-state index is -1.86. The standard InChI is InChI=1S/C34H34FN5O2/c1-19-31(20(2)39-38-19)24-5-3-21(4-6-24)15-30(41)32(37-33(42)34(35)13-14-34)27-12-11-23-9-10-25(16-28(23)27)29-17-26(18-36-40-29)22-7-8-22/h3-6,9-10,16-18,22,27,32H,7-8,11-15H2,1-2H3,(H,37,42)(H,38,39)/t27-,32+/m1/s1. The SMILES string of the molecule is Cc1n[nH]c(C)c1-c1ccc(CC(=O)[C@@H](NC(=O)C2(F)CC2)[C@@H]2CCc3ccc(-c4cc(C5CC5)cnn4)cc32)cc1. The van der Waals surface area contributed by atoms with Crippen molar-refractivity contribution >= 4 is 11.7 Å². The molecule has 3 aliphatic rings. The summed E-state index contributed by atoms with van der Waals surface area (Å²) in [6.45, 7) is 3.95. The van der Waals surface area contributed by atoms with Gasteiger partial charge in [0.05, 0.1) is 23.6 Å². The van der Waals surface area contributed by atoms with Crippen molar-refractivity contribution in [2.45, 2.75) is 82.3 Å². The Hall–Kier alpha value is -4.20. The molecular weight excluding hydrogens is 529 g/mol. The number of alkyl halides is 1. The number of aromatic amines is 1. The number of fused-ring (bicyclic) bond motifs is 1. The molecule has 0 aliphatic heterocycles. The van der Waals surface area contributed by atoms with Gasteiger partial charge in [0.25, 0.3) is 5.91 Å². The molecule has 0 unspecified atom stereocenters. The second-order valence-electron chi connectivity index (χ2n) is 12.3. The minimum Gasteiger partial charge on any atom is -0.343 e. The van der Waals surface area contributed by atoms with Crippen molar-refractivity contribution in [3.63, 3.8) is 0 Å². The van der Waals surface area contributed by atoms with Crippen molar-refractivity contribution in [1.82, 2.24) is 25.7 Å². The lowest BCUT2D eigenvalue weighted by molar-refractivity contribution is -0.132. The molecule has 2 aromatic heterocycles. The van der Waals surface area contributed by atoms with Crippen molar-refractivity contribution in [2.75, 3.05) is 0 Å². The molecule has 2 saturated carbocycles. The molecular formula is C34H34FN5O2. The maximum absolute atomic E-state index is 14.8. The zero-order valence-corrected chi connectivity index (χ0v) is 23.9. The molecule has 214 valence electrons. The normalized spacial score (nSPS) is 19.3. The third-order valence-corrected chi connectivity index (χ3v) is 9.17. The molecule has 7 rings (SSSR count). The summed E-state index contributed by atoms with van der Waals surface area (Å²) < 4.78 is 14.8. The maximum Gasteiger partial charge on any atom is 0.258 e. The number of aromatic nitrogens is 4. The summed E-state index contributed by atoms with van der Waals surface area (Å²) in [4.78, 5) is 26.9. The van der Waals surface area contributed by atoms with Gasteiger partial charge in [0.15, 0.2) is 11.5 Å². The molecule has 8 heteroatoms. The highest BCUT2D eigenvalue weighted by molar-refractivity contribution is 5.95. The highest BCUT2D eigenvalue weighted by Gasteiger charge is 2.52. The highest BCUT2D eigenvalue weighted by Crippen LogP contribution is 2.43. The number of H-pyrrole nitrogens is 1. The van der Waals surface area contributed by atoms with Crippen LogP contribution in [0.1, 0.15) is 77.6 Å². The minimum absolute atomic E-state index is 0.116. The Morgan fingerprint density at radius 1 is 1.05 bits per heavy atom. The van der Waals surface area contributed by atoms with E-state index in [9.17, 15) is 14.0 Å². The van der Waals surface area contributed by atoms with Crippen LogP contribution in [0.4, 0.5) is 4.39 Å². The van der Waals surface area contributed by atoms with Crippen LogP contribution in [-0.4, -0.2) is 43.8 Å². The predicted octanol–water partition coefficient (Wildman–Crippen LogP) is 5.86. The Balaban J connectivity index is 1.17. The number of Topliss-reactive ketones (excluding diaryl/α,β-unsaturated/α-hetero) is 1. The van der Waals surface area contributed by atoms with E-state index >= 15 is 0 Å². The number of carbonyl (C=O) groups is 2. The summed E-state index contributed by atoms with van der Waals surface area (Å²) >= 11 is 0. The van der Waals surface area contributed by atoms with Gasteiger partial charge in [-0.3, -0.25) is 14.7 Å². The van der Waals surface area contributed by atoms with E-state index < -0.39 is 17.6 Å². The Kier molecular flexibility index (Phi) is 6.52. The summed E-state index contributed by atoms with van der Waals surface area (Å²) in [7, 11) is 0. The first-order chi connectivity index (χ1) is 20.3. The van der Waals surface area contributed by atoms with Crippen molar-refractivity contribution in [2.24, 2.45) is 0 Å². The Bertz CT molecular complexity index is 1670. The summed E-state index contributed by atoms with van der Waals surface area (Å²) in [6.07, 6.45) is 6.27. The lowest BCUT2D eigenvalue weighted by Gasteiger charge is -2.26. The number of hydrogen-bond acceptors (Lipinski definition) is 5. The van der Waals surface area contributed by atoms with Crippen LogP contribution < -0.4 is 5.32 Å². The van der Waals surface area contributed by atoms with Gasteiger partial charge >= 0.3 is 0 Å². The first kappa shape index (κ1) is 26.7. The largest absolute Gasteiger partial charge is 0.343 e. The maximum atomic E-state index is 14.8. The van der Waals surface area contributed by atoms with Crippen LogP contribution >= 0.6 is 0 Å². The number of halogens is 1. The van der Waals surface area contributed by atoms with Gasteiger partial charge in [-0.25, -0.2) is 4.39 Å². The number of nitrogens with zero attached hydrogens (tertiary/aromatic N) is 3. The average Bonchev–Trinajstić information content (AvgIpc) is 3.92. The highest BCUT2D eigenvalue weighted by atomic mass is 19.1. The molecule has 0 saturated heterocycles. The van der Waals surface area contributed by atoms with Crippen molar-refractivity contribution in [3.8, 4) is 22.4 Å². The van der Waals surface area contributed by atoms with Crippen LogP contribution in [0.25, 0.3) is 22.4 Å². The number of nitrogens with one attached hydrogen (secondary N) is 2. The fraction of sp³-hybridized carbons (Fsp3) is 0.382. The smallest absolute Gasteiger partial charge is 0.258 e. The lowest BCUT2D eigenvalue weighted by Crippen LogP contribution is -2.48. The number of benzene rings is 2.